The minimum Gasteiger partial charge on any atom is -0.309 e. The molecule has 5 nitrogen and oxygen atoms in total. The van der Waals surface area contributed by atoms with Crippen LogP contribution < -0.4 is 4.90 Å². The van der Waals surface area contributed by atoms with Gasteiger partial charge in [-0.2, -0.15) is 0 Å². The topological polar surface area (TPSA) is 59.0 Å². The zero-order valence-electron chi connectivity index (χ0n) is 11.6. The third-order valence-corrected chi connectivity index (χ3v) is 3.20. The predicted octanol–water partition coefficient (Wildman–Crippen LogP) is 2.69. The molecule has 0 aliphatic carbocycles. The highest BCUT2D eigenvalue weighted by Gasteiger charge is 2.17. The van der Waals surface area contributed by atoms with Crippen LogP contribution in [0.4, 0.5) is 5.69 Å². The van der Waals surface area contributed by atoms with Crippen molar-refractivity contribution in [3.8, 4) is 0 Å². The van der Waals surface area contributed by atoms with Gasteiger partial charge in [-0.15, -0.1) is 0 Å². The summed E-state index contributed by atoms with van der Waals surface area (Å²) in [6, 6.07) is 11.3. The van der Waals surface area contributed by atoms with Gasteiger partial charge >= 0.3 is 0 Å². The summed E-state index contributed by atoms with van der Waals surface area (Å²) in [6.45, 7) is 2.53. The molecule has 0 atom stereocenters. The van der Waals surface area contributed by atoms with Crippen LogP contribution in [0.3, 0.4) is 0 Å². The van der Waals surface area contributed by atoms with E-state index in [1.54, 1.807) is 29.6 Å². The summed E-state index contributed by atoms with van der Waals surface area (Å²) in [6.07, 6.45) is 4.72. The average molecular weight is 278 g/mol. The van der Waals surface area contributed by atoms with Gasteiger partial charge in [0.25, 0.3) is 5.91 Å². The van der Waals surface area contributed by atoms with Crippen molar-refractivity contribution in [3.05, 3.63) is 60.6 Å². The summed E-state index contributed by atoms with van der Waals surface area (Å²) in [4.78, 5) is 26.8. The number of nitrogens with zero attached hydrogens (tertiary/aromatic N) is 4. The summed E-state index contributed by atoms with van der Waals surface area (Å²) in [5.41, 5.74) is 2.53. The second-order valence-corrected chi connectivity index (χ2v) is 4.51. The zero-order valence-corrected chi connectivity index (χ0v) is 11.6. The van der Waals surface area contributed by atoms with E-state index >= 15 is 0 Å². The van der Waals surface area contributed by atoms with Crippen LogP contribution in [0.1, 0.15) is 17.3 Å². The van der Waals surface area contributed by atoms with Gasteiger partial charge < -0.3 is 4.90 Å². The first kappa shape index (κ1) is 13.2. The van der Waals surface area contributed by atoms with Gasteiger partial charge in [-0.25, -0.2) is 9.97 Å². The van der Waals surface area contributed by atoms with Gasteiger partial charge in [0, 0.05) is 30.8 Å². The lowest BCUT2D eigenvalue weighted by Gasteiger charge is -2.20. The quantitative estimate of drug-likeness (QED) is 0.739. The molecule has 0 spiro atoms. The molecule has 2 aromatic heterocycles. The largest absolute Gasteiger partial charge is 0.309 e. The van der Waals surface area contributed by atoms with E-state index in [-0.39, 0.29) is 5.91 Å². The van der Waals surface area contributed by atoms with Crippen molar-refractivity contribution in [1.82, 2.24) is 15.0 Å². The highest BCUT2D eigenvalue weighted by atomic mass is 16.2. The van der Waals surface area contributed by atoms with Crippen molar-refractivity contribution < 1.29 is 4.79 Å². The number of aromatic nitrogens is 3. The summed E-state index contributed by atoms with van der Waals surface area (Å²) in [5, 5.41) is 0. The lowest BCUT2D eigenvalue weighted by molar-refractivity contribution is 0.0988. The van der Waals surface area contributed by atoms with Crippen LogP contribution in [0.2, 0.25) is 0 Å². The summed E-state index contributed by atoms with van der Waals surface area (Å²) in [7, 11) is 0. The minimum absolute atomic E-state index is 0.0937. The van der Waals surface area contributed by atoms with E-state index in [1.165, 1.54) is 0 Å². The number of carbonyl (C=O) groups excluding carboxylic acids is 1. The molecule has 0 N–H and O–H groups in total. The van der Waals surface area contributed by atoms with E-state index in [2.05, 4.69) is 15.0 Å². The fourth-order valence-electron chi connectivity index (χ4n) is 2.18. The zero-order chi connectivity index (χ0) is 14.7. The second-order valence-electron chi connectivity index (χ2n) is 4.51. The van der Waals surface area contributed by atoms with Gasteiger partial charge in [0.05, 0.1) is 5.56 Å². The van der Waals surface area contributed by atoms with Crippen LogP contribution in [0.15, 0.2) is 55.0 Å². The molecule has 0 aliphatic rings. The molecular weight excluding hydrogens is 264 g/mol. The summed E-state index contributed by atoms with van der Waals surface area (Å²) >= 11 is 0. The number of fused-ring (bicyclic) bond motifs is 1. The van der Waals surface area contributed by atoms with Crippen molar-refractivity contribution in [1.29, 1.82) is 0 Å². The van der Waals surface area contributed by atoms with Crippen molar-refractivity contribution >= 4 is 22.8 Å². The molecule has 1 aromatic carbocycles. The average Bonchev–Trinajstić information content (AvgIpc) is 2.56. The lowest BCUT2D eigenvalue weighted by atomic mass is 10.2. The Morgan fingerprint density at radius 3 is 2.62 bits per heavy atom. The normalized spacial score (nSPS) is 10.5. The molecule has 3 aromatic rings. The van der Waals surface area contributed by atoms with Crippen molar-refractivity contribution in [3.63, 3.8) is 0 Å². The molecule has 21 heavy (non-hydrogen) atoms. The van der Waals surface area contributed by atoms with Gasteiger partial charge in [0.15, 0.2) is 5.65 Å². The van der Waals surface area contributed by atoms with E-state index in [4.69, 9.17) is 0 Å². The molecule has 1 amide bonds. The van der Waals surface area contributed by atoms with Gasteiger partial charge in [-0.05, 0) is 25.1 Å². The van der Waals surface area contributed by atoms with Gasteiger partial charge in [-0.1, -0.05) is 18.2 Å². The van der Waals surface area contributed by atoms with Crippen LogP contribution in [-0.2, 0) is 0 Å². The molecule has 0 fully saturated rings. The number of anilines is 1. The smallest absolute Gasteiger partial charge is 0.259 e. The molecule has 5 heteroatoms. The van der Waals surface area contributed by atoms with Gasteiger partial charge in [0.1, 0.15) is 5.52 Å². The Hall–Kier alpha value is -2.82. The predicted molar refractivity (Wildman–Crippen MR) is 81.1 cm³/mol. The third kappa shape index (κ3) is 2.58. The number of benzene rings is 1. The Morgan fingerprint density at radius 1 is 1.10 bits per heavy atom. The Morgan fingerprint density at radius 2 is 1.86 bits per heavy atom. The SMILES string of the molecule is CCN(C(=O)c1cnc2nccnc2c1)c1ccccc1. The van der Waals surface area contributed by atoms with Crippen molar-refractivity contribution in [2.45, 2.75) is 6.92 Å². The Bertz CT molecular complexity index is 773. The fourth-order valence-corrected chi connectivity index (χ4v) is 2.18. The van der Waals surface area contributed by atoms with Gasteiger partial charge in [0.2, 0.25) is 0 Å². The maximum absolute atomic E-state index is 12.7. The third-order valence-electron chi connectivity index (χ3n) is 3.20. The highest BCUT2D eigenvalue weighted by Crippen LogP contribution is 2.17. The van der Waals surface area contributed by atoms with E-state index in [1.807, 2.05) is 37.3 Å². The van der Waals surface area contributed by atoms with E-state index in [9.17, 15) is 4.79 Å². The fraction of sp³-hybridized carbons (Fsp3) is 0.125. The number of rotatable bonds is 3. The summed E-state index contributed by atoms with van der Waals surface area (Å²) < 4.78 is 0. The molecule has 0 saturated heterocycles. The Labute approximate surface area is 122 Å². The molecule has 0 radical (unpaired) electrons. The molecule has 0 aliphatic heterocycles. The van der Waals surface area contributed by atoms with E-state index in [0.29, 0.717) is 23.3 Å². The second kappa shape index (κ2) is 5.66. The monoisotopic (exact) mass is 278 g/mol. The van der Waals surface area contributed by atoms with Crippen molar-refractivity contribution in [2.75, 3.05) is 11.4 Å². The highest BCUT2D eigenvalue weighted by molar-refractivity contribution is 6.07. The maximum atomic E-state index is 12.7. The van der Waals surface area contributed by atoms with Crippen LogP contribution >= 0.6 is 0 Å². The van der Waals surface area contributed by atoms with Crippen molar-refractivity contribution in [2.24, 2.45) is 0 Å². The summed E-state index contributed by atoms with van der Waals surface area (Å²) in [5.74, 6) is -0.0937. The van der Waals surface area contributed by atoms with E-state index in [0.717, 1.165) is 5.69 Å². The first-order valence-electron chi connectivity index (χ1n) is 6.73. The maximum Gasteiger partial charge on any atom is 0.259 e. The van der Waals surface area contributed by atoms with Crippen LogP contribution in [-0.4, -0.2) is 27.4 Å². The Kier molecular flexibility index (Phi) is 3.55. The number of carbonyl (C=O) groups is 1. The molecule has 3 rings (SSSR count). The number of hydrogen-bond donors (Lipinski definition) is 0. The molecule has 0 saturated carbocycles. The number of amides is 1. The first-order valence-corrected chi connectivity index (χ1v) is 6.73. The number of para-hydroxylation sites is 1. The molecule has 104 valence electrons. The molecule has 2 heterocycles. The van der Waals surface area contributed by atoms with Crippen LogP contribution in [0.5, 0.6) is 0 Å². The molecule has 0 bridgehead atoms. The minimum atomic E-state index is -0.0937. The molecule has 0 unspecified atom stereocenters. The van der Waals surface area contributed by atoms with E-state index < -0.39 is 0 Å². The molecular formula is C16H14N4O. The Balaban J connectivity index is 1.98. The first-order chi connectivity index (χ1) is 10.3. The lowest BCUT2D eigenvalue weighted by Crippen LogP contribution is -2.30. The van der Waals surface area contributed by atoms with Gasteiger partial charge in [-0.3, -0.25) is 9.78 Å². The standard InChI is InChI=1S/C16H14N4O/c1-2-20(13-6-4-3-5-7-13)16(21)12-10-14-15(19-11-12)18-9-8-17-14/h3-11H,2H2,1H3. The number of hydrogen-bond acceptors (Lipinski definition) is 4. The van der Waals surface area contributed by atoms with Crippen LogP contribution in [0.25, 0.3) is 11.2 Å². The number of pyridine rings is 1. The van der Waals surface area contributed by atoms with Crippen LogP contribution in [0, 0.1) is 0 Å².